The molecule has 0 aromatic rings. The van der Waals surface area contributed by atoms with Crippen molar-refractivity contribution in [1.29, 1.82) is 0 Å². The first-order chi connectivity index (χ1) is 7.34. The number of hydrogen-bond acceptors (Lipinski definition) is 3. The van der Waals surface area contributed by atoms with Crippen molar-refractivity contribution < 1.29 is 9.90 Å². The quantitative estimate of drug-likeness (QED) is 0.356. The zero-order valence-electron chi connectivity index (χ0n) is 10.2. The number of nitrogens with zero attached hydrogens (tertiary/aromatic N) is 1. The molecule has 5 heteroatoms. The fourth-order valence-corrected chi connectivity index (χ4v) is 1.20. The van der Waals surface area contributed by atoms with E-state index in [0.717, 1.165) is 17.6 Å². The van der Waals surface area contributed by atoms with E-state index in [1.54, 1.807) is 6.92 Å². The summed E-state index contributed by atoms with van der Waals surface area (Å²) in [7, 11) is 0. The zero-order chi connectivity index (χ0) is 12.7. The normalized spacial score (nSPS) is 15.6. The third kappa shape index (κ3) is 6.19. The zero-order valence-corrected chi connectivity index (χ0v) is 10.2. The Labute approximate surface area is 96.2 Å². The van der Waals surface area contributed by atoms with E-state index in [0.29, 0.717) is 18.8 Å². The van der Waals surface area contributed by atoms with Gasteiger partial charge in [-0.05, 0) is 33.6 Å². The second-order valence-corrected chi connectivity index (χ2v) is 3.98. The molecular weight excluding hydrogens is 206 g/mol. The maximum absolute atomic E-state index is 10.6. The van der Waals surface area contributed by atoms with E-state index in [2.05, 4.69) is 4.99 Å². The minimum Gasteiger partial charge on any atom is -0.480 e. The van der Waals surface area contributed by atoms with Crippen molar-refractivity contribution in [3.8, 4) is 0 Å². The molecule has 1 unspecified atom stereocenters. The lowest BCUT2D eigenvalue weighted by atomic mass is 10.0. The Balaban J connectivity index is 4.25. The van der Waals surface area contributed by atoms with Gasteiger partial charge in [0.05, 0.1) is 5.84 Å². The highest BCUT2D eigenvalue weighted by Gasteiger charge is 2.12. The number of amidine groups is 1. The predicted octanol–water partition coefficient (Wildman–Crippen LogP) is 0.892. The Hall–Kier alpha value is -1.36. The number of carboxylic acids is 1. The molecule has 5 nitrogen and oxygen atoms in total. The first-order valence-corrected chi connectivity index (χ1v) is 5.24. The largest absolute Gasteiger partial charge is 0.480 e. The number of nitrogens with two attached hydrogens (primary N) is 2. The van der Waals surface area contributed by atoms with Crippen LogP contribution in [0, 0.1) is 0 Å². The van der Waals surface area contributed by atoms with E-state index in [-0.39, 0.29) is 0 Å². The van der Waals surface area contributed by atoms with Crippen molar-refractivity contribution in [2.24, 2.45) is 16.5 Å². The standard InChI is InChI=1S/C11H21N3O2/c1-7(4-5-14-9(3)12)8(2)6-10(13)11(15)16/h10H,4-6,13H2,1-3H3,(H2,12,14)(H,15,16)/b8-7-. The van der Waals surface area contributed by atoms with Gasteiger partial charge in [0.2, 0.25) is 0 Å². The minimum absolute atomic E-state index is 0.381. The van der Waals surface area contributed by atoms with Gasteiger partial charge in [-0.15, -0.1) is 0 Å². The molecule has 0 saturated carbocycles. The topological polar surface area (TPSA) is 102 Å². The number of aliphatic imine (C=N–C) groups is 1. The maximum Gasteiger partial charge on any atom is 0.320 e. The molecule has 0 aliphatic rings. The van der Waals surface area contributed by atoms with Crippen LogP contribution >= 0.6 is 0 Å². The first-order valence-electron chi connectivity index (χ1n) is 5.24. The lowest BCUT2D eigenvalue weighted by Crippen LogP contribution is -2.30. The van der Waals surface area contributed by atoms with Crippen LogP contribution in [0.2, 0.25) is 0 Å². The summed E-state index contributed by atoms with van der Waals surface area (Å²) in [5.74, 6) is -0.407. The third-order valence-electron chi connectivity index (χ3n) is 2.42. The predicted molar refractivity (Wildman–Crippen MR) is 65.4 cm³/mol. The van der Waals surface area contributed by atoms with Crippen molar-refractivity contribution in [3.63, 3.8) is 0 Å². The molecule has 0 fully saturated rings. The molecule has 0 spiro atoms. The molecule has 0 saturated heterocycles. The molecule has 0 bridgehead atoms. The molecule has 0 radical (unpaired) electrons. The van der Waals surface area contributed by atoms with Gasteiger partial charge in [0.15, 0.2) is 0 Å². The van der Waals surface area contributed by atoms with E-state index in [4.69, 9.17) is 16.6 Å². The summed E-state index contributed by atoms with van der Waals surface area (Å²) in [6.07, 6.45) is 1.17. The van der Waals surface area contributed by atoms with Crippen LogP contribution in [0.3, 0.4) is 0 Å². The van der Waals surface area contributed by atoms with Crippen LogP contribution in [-0.4, -0.2) is 29.5 Å². The van der Waals surface area contributed by atoms with Gasteiger partial charge in [0.1, 0.15) is 6.04 Å². The summed E-state index contributed by atoms with van der Waals surface area (Å²) in [4.78, 5) is 14.6. The van der Waals surface area contributed by atoms with Gasteiger partial charge < -0.3 is 16.6 Å². The first kappa shape index (κ1) is 14.6. The van der Waals surface area contributed by atoms with Crippen LogP contribution in [0.15, 0.2) is 16.1 Å². The maximum atomic E-state index is 10.6. The second-order valence-electron chi connectivity index (χ2n) is 3.98. The Bertz CT molecular complexity index is 304. The fraction of sp³-hybridized carbons (Fsp3) is 0.636. The average Bonchev–Trinajstić information content (AvgIpc) is 2.16. The van der Waals surface area contributed by atoms with Gasteiger partial charge >= 0.3 is 5.97 Å². The van der Waals surface area contributed by atoms with Crippen molar-refractivity contribution in [2.45, 2.75) is 39.7 Å². The minimum atomic E-state index is -0.969. The van der Waals surface area contributed by atoms with Gasteiger partial charge in [-0.25, -0.2) is 0 Å². The van der Waals surface area contributed by atoms with E-state index < -0.39 is 12.0 Å². The lowest BCUT2D eigenvalue weighted by Gasteiger charge is -2.10. The molecule has 0 aliphatic carbocycles. The van der Waals surface area contributed by atoms with Gasteiger partial charge in [-0.1, -0.05) is 11.1 Å². The van der Waals surface area contributed by atoms with Crippen molar-refractivity contribution in [1.82, 2.24) is 0 Å². The van der Waals surface area contributed by atoms with Crippen LogP contribution in [0.5, 0.6) is 0 Å². The molecule has 1 atom stereocenters. The number of hydrogen-bond donors (Lipinski definition) is 3. The van der Waals surface area contributed by atoms with Gasteiger partial charge in [0, 0.05) is 6.54 Å². The van der Waals surface area contributed by atoms with Crippen molar-refractivity contribution in [2.75, 3.05) is 6.54 Å². The molecule has 16 heavy (non-hydrogen) atoms. The molecule has 0 rings (SSSR count). The van der Waals surface area contributed by atoms with E-state index in [1.807, 2.05) is 13.8 Å². The van der Waals surface area contributed by atoms with E-state index in [1.165, 1.54) is 0 Å². The average molecular weight is 227 g/mol. The van der Waals surface area contributed by atoms with E-state index >= 15 is 0 Å². The Morgan fingerprint density at radius 3 is 2.31 bits per heavy atom. The Morgan fingerprint density at radius 1 is 1.31 bits per heavy atom. The smallest absolute Gasteiger partial charge is 0.320 e. The van der Waals surface area contributed by atoms with Gasteiger partial charge in [0.25, 0.3) is 0 Å². The summed E-state index contributed by atoms with van der Waals surface area (Å²) >= 11 is 0. The highest BCUT2D eigenvalue weighted by Crippen LogP contribution is 2.13. The van der Waals surface area contributed by atoms with Crippen molar-refractivity contribution in [3.05, 3.63) is 11.1 Å². The monoisotopic (exact) mass is 227 g/mol. The van der Waals surface area contributed by atoms with Gasteiger partial charge in [-0.3, -0.25) is 9.79 Å². The number of carbonyl (C=O) groups is 1. The Kier molecular flexibility index (Phi) is 6.41. The molecular formula is C11H21N3O2. The summed E-state index contributed by atoms with van der Waals surface area (Å²) < 4.78 is 0. The van der Waals surface area contributed by atoms with Crippen molar-refractivity contribution >= 4 is 11.8 Å². The fourth-order valence-electron chi connectivity index (χ4n) is 1.20. The number of rotatable bonds is 6. The summed E-state index contributed by atoms with van der Waals surface area (Å²) in [6, 6.07) is -0.824. The summed E-state index contributed by atoms with van der Waals surface area (Å²) in [5, 5.41) is 8.68. The SMILES string of the molecule is CC(N)=NCC/C(C)=C(/C)CC(N)C(=O)O. The lowest BCUT2D eigenvalue weighted by molar-refractivity contribution is -0.138. The summed E-state index contributed by atoms with van der Waals surface area (Å²) in [6.45, 7) is 6.24. The van der Waals surface area contributed by atoms with Crippen LogP contribution < -0.4 is 11.5 Å². The highest BCUT2D eigenvalue weighted by molar-refractivity contribution is 5.77. The molecule has 0 aromatic carbocycles. The number of aliphatic carboxylic acids is 1. The van der Waals surface area contributed by atoms with Crippen LogP contribution in [-0.2, 0) is 4.79 Å². The van der Waals surface area contributed by atoms with Gasteiger partial charge in [-0.2, -0.15) is 0 Å². The second kappa shape index (κ2) is 7.00. The third-order valence-corrected chi connectivity index (χ3v) is 2.42. The van der Waals surface area contributed by atoms with Crippen LogP contribution in [0.1, 0.15) is 33.6 Å². The molecule has 0 heterocycles. The molecule has 0 amide bonds. The molecule has 5 N–H and O–H groups in total. The van der Waals surface area contributed by atoms with Crippen LogP contribution in [0.4, 0.5) is 0 Å². The number of carboxylic acid groups (broad SMARTS) is 1. The van der Waals surface area contributed by atoms with Crippen LogP contribution in [0.25, 0.3) is 0 Å². The summed E-state index contributed by atoms with van der Waals surface area (Å²) in [5.41, 5.74) is 13.0. The molecule has 92 valence electrons. The molecule has 0 aromatic heterocycles. The Morgan fingerprint density at radius 2 is 1.88 bits per heavy atom. The highest BCUT2D eigenvalue weighted by atomic mass is 16.4. The molecule has 0 aliphatic heterocycles. The van der Waals surface area contributed by atoms with E-state index in [9.17, 15) is 4.79 Å².